The fourth-order valence-electron chi connectivity index (χ4n) is 2.80. The van der Waals surface area contributed by atoms with E-state index in [0.717, 1.165) is 5.56 Å². The Morgan fingerprint density at radius 1 is 1.17 bits per heavy atom. The minimum absolute atomic E-state index is 0.00513. The molecule has 0 aromatic heterocycles. The lowest BCUT2D eigenvalue weighted by Crippen LogP contribution is -2.51. The molecule has 4 rings (SSSR count). The highest BCUT2D eigenvalue weighted by Crippen LogP contribution is 2.47. The van der Waals surface area contributed by atoms with Crippen molar-refractivity contribution >= 4 is 0 Å². The van der Waals surface area contributed by atoms with Gasteiger partial charge >= 0.3 is 0 Å². The Hall–Kier alpha value is -0.940. The van der Waals surface area contributed by atoms with Crippen molar-refractivity contribution in [2.24, 2.45) is 0 Å². The molecule has 0 bridgehead atoms. The summed E-state index contributed by atoms with van der Waals surface area (Å²) in [5.41, 5.74) is 0.906. The number of benzene rings is 1. The number of ether oxygens (including phenoxy) is 4. The molecule has 96 valence electrons. The lowest BCUT2D eigenvalue weighted by molar-refractivity contribution is -0.275. The molecule has 3 heterocycles. The molecule has 0 saturated carbocycles. The van der Waals surface area contributed by atoms with Crippen molar-refractivity contribution in [3.05, 3.63) is 35.9 Å². The van der Waals surface area contributed by atoms with Gasteiger partial charge in [0.05, 0.1) is 13.2 Å². The van der Waals surface area contributed by atoms with E-state index in [1.54, 1.807) is 0 Å². The Labute approximate surface area is 106 Å². The summed E-state index contributed by atoms with van der Waals surface area (Å²) in [7, 11) is 0. The molecule has 0 N–H and O–H groups in total. The van der Waals surface area contributed by atoms with Gasteiger partial charge in [-0.05, 0) is 6.92 Å². The fraction of sp³-hybridized carbons (Fsp3) is 0.571. The van der Waals surface area contributed by atoms with E-state index >= 15 is 0 Å². The predicted octanol–water partition coefficient (Wildman–Crippen LogP) is 1.66. The van der Waals surface area contributed by atoms with Gasteiger partial charge in [-0.2, -0.15) is 0 Å². The summed E-state index contributed by atoms with van der Waals surface area (Å²) < 4.78 is 23.2. The van der Waals surface area contributed by atoms with Crippen molar-refractivity contribution in [2.75, 3.05) is 13.2 Å². The van der Waals surface area contributed by atoms with E-state index in [0.29, 0.717) is 13.2 Å². The first-order chi connectivity index (χ1) is 8.76. The summed E-state index contributed by atoms with van der Waals surface area (Å²) in [6.07, 6.45) is -0.151. The van der Waals surface area contributed by atoms with E-state index in [-0.39, 0.29) is 30.2 Å². The van der Waals surface area contributed by atoms with Crippen LogP contribution in [0.25, 0.3) is 0 Å². The molecule has 4 nitrogen and oxygen atoms in total. The molecule has 1 aromatic carbocycles. The van der Waals surface area contributed by atoms with Crippen LogP contribution >= 0.6 is 0 Å². The summed E-state index contributed by atoms with van der Waals surface area (Å²) in [4.78, 5) is 0. The van der Waals surface area contributed by atoms with Crippen molar-refractivity contribution in [3.8, 4) is 0 Å². The smallest absolute Gasteiger partial charge is 0.184 e. The molecular formula is C14H16O4. The largest absolute Gasteiger partial charge is 0.370 e. The van der Waals surface area contributed by atoms with Gasteiger partial charge in [0.15, 0.2) is 6.29 Å². The number of hydrogen-bond donors (Lipinski definition) is 0. The van der Waals surface area contributed by atoms with E-state index in [1.165, 1.54) is 0 Å². The van der Waals surface area contributed by atoms with Gasteiger partial charge in [-0.1, -0.05) is 30.3 Å². The second-order valence-corrected chi connectivity index (χ2v) is 5.38. The van der Waals surface area contributed by atoms with E-state index in [9.17, 15) is 0 Å². The van der Waals surface area contributed by atoms with Crippen molar-refractivity contribution in [1.29, 1.82) is 0 Å². The molecule has 1 aromatic rings. The Bertz CT molecular complexity index is 446. The van der Waals surface area contributed by atoms with Crippen LogP contribution in [0.3, 0.4) is 0 Å². The molecule has 1 unspecified atom stereocenters. The van der Waals surface area contributed by atoms with Gasteiger partial charge in [0, 0.05) is 5.56 Å². The summed E-state index contributed by atoms with van der Waals surface area (Å²) in [5.74, 6) is 0. The molecule has 3 aliphatic heterocycles. The van der Waals surface area contributed by atoms with Crippen molar-refractivity contribution < 1.29 is 18.9 Å². The second-order valence-electron chi connectivity index (χ2n) is 5.38. The van der Waals surface area contributed by atoms with Crippen molar-refractivity contribution in [1.82, 2.24) is 0 Å². The maximum Gasteiger partial charge on any atom is 0.184 e. The fourth-order valence-corrected chi connectivity index (χ4v) is 2.80. The molecule has 0 aliphatic carbocycles. The normalized spacial score (nSPS) is 46.1. The standard InChI is InChI=1S/C14H16O4/c1-14-8-16-10-7-15-13(9-5-3-2-4-6-9)17-11(10)12(14)18-14/h2-6,10-13H,7-8H2,1H3/t10-,11?,12-,13-,14+/m1/s1. The predicted molar refractivity (Wildman–Crippen MR) is 63.0 cm³/mol. The SMILES string of the molecule is C[C@]12CO[C@@H]3CO[C@@H](c4ccccc4)OC3[C@H]1O2. The molecule has 3 aliphatic rings. The maximum absolute atomic E-state index is 6.02. The van der Waals surface area contributed by atoms with Crippen LogP contribution in [0.5, 0.6) is 0 Å². The quantitative estimate of drug-likeness (QED) is 0.709. The third kappa shape index (κ3) is 1.61. The minimum atomic E-state index is -0.303. The molecule has 3 fully saturated rings. The molecule has 0 amide bonds. The summed E-state index contributed by atoms with van der Waals surface area (Å²) in [6, 6.07) is 10.00. The van der Waals surface area contributed by atoms with E-state index in [4.69, 9.17) is 18.9 Å². The topological polar surface area (TPSA) is 40.2 Å². The monoisotopic (exact) mass is 248 g/mol. The summed E-state index contributed by atoms with van der Waals surface area (Å²) >= 11 is 0. The first-order valence-electron chi connectivity index (χ1n) is 6.38. The average molecular weight is 248 g/mol. The molecule has 18 heavy (non-hydrogen) atoms. The van der Waals surface area contributed by atoms with Gasteiger partial charge in [-0.3, -0.25) is 0 Å². The van der Waals surface area contributed by atoms with Crippen molar-refractivity contribution in [2.45, 2.75) is 37.1 Å². The second kappa shape index (κ2) is 3.78. The van der Waals surface area contributed by atoms with E-state index < -0.39 is 0 Å². The van der Waals surface area contributed by atoms with Crippen LogP contribution in [0.2, 0.25) is 0 Å². The number of rotatable bonds is 1. The number of epoxide rings is 1. The first-order valence-corrected chi connectivity index (χ1v) is 6.38. The Morgan fingerprint density at radius 3 is 2.83 bits per heavy atom. The van der Waals surface area contributed by atoms with Crippen LogP contribution in [0.4, 0.5) is 0 Å². The van der Waals surface area contributed by atoms with Gasteiger partial charge in [-0.15, -0.1) is 0 Å². The molecular weight excluding hydrogens is 232 g/mol. The maximum atomic E-state index is 6.02. The summed E-state index contributed by atoms with van der Waals surface area (Å²) in [5, 5.41) is 0. The summed E-state index contributed by atoms with van der Waals surface area (Å²) in [6.45, 7) is 3.28. The highest BCUT2D eigenvalue weighted by Gasteiger charge is 2.64. The third-order valence-corrected chi connectivity index (χ3v) is 3.95. The van der Waals surface area contributed by atoms with Gasteiger partial charge < -0.3 is 18.9 Å². The Morgan fingerprint density at radius 2 is 2.00 bits per heavy atom. The van der Waals surface area contributed by atoms with Crippen LogP contribution in [0.1, 0.15) is 18.8 Å². The Balaban J connectivity index is 1.54. The minimum Gasteiger partial charge on any atom is -0.370 e. The van der Waals surface area contributed by atoms with Gasteiger partial charge in [-0.25, -0.2) is 0 Å². The van der Waals surface area contributed by atoms with Crippen LogP contribution < -0.4 is 0 Å². The zero-order chi connectivity index (χ0) is 12.2. The van der Waals surface area contributed by atoms with Crippen LogP contribution in [-0.2, 0) is 18.9 Å². The zero-order valence-electron chi connectivity index (χ0n) is 10.2. The molecule has 4 heteroatoms. The van der Waals surface area contributed by atoms with Gasteiger partial charge in [0.2, 0.25) is 0 Å². The van der Waals surface area contributed by atoms with Crippen molar-refractivity contribution in [3.63, 3.8) is 0 Å². The Kier molecular flexibility index (Phi) is 2.29. The molecule has 0 radical (unpaired) electrons. The van der Waals surface area contributed by atoms with Crippen LogP contribution in [-0.4, -0.2) is 37.1 Å². The molecule has 3 saturated heterocycles. The third-order valence-electron chi connectivity index (χ3n) is 3.95. The highest BCUT2D eigenvalue weighted by atomic mass is 16.7. The first kappa shape index (κ1) is 10.9. The number of hydrogen-bond acceptors (Lipinski definition) is 4. The van der Waals surface area contributed by atoms with E-state index in [2.05, 4.69) is 6.92 Å². The lowest BCUT2D eigenvalue weighted by atomic mass is 9.97. The van der Waals surface area contributed by atoms with E-state index in [1.807, 2.05) is 30.3 Å². The zero-order valence-corrected chi connectivity index (χ0v) is 10.2. The highest BCUT2D eigenvalue weighted by molar-refractivity contribution is 5.17. The van der Waals surface area contributed by atoms with Crippen LogP contribution in [0, 0.1) is 0 Å². The average Bonchev–Trinajstić information content (AvgIpc) is 3.12. The van der Waals surface area contributed by atoms with Gasteiger partial charge in [0.25, 0.3) is 0 Å². The lowest BCUT2D eigenvalue weighted by Gasteiger charge is -2.38. The van der Waals surface area contributed by atoms with Gasteiger partial charge in [0.1, 0.15) is 23.9 Å². The number of fused-ring (bicyclic) bond motifs is 3. The van der Waals surface area contributed by atoms with Crippen LogP contribution in [0.15, 0.2) is 30.3 Å². The molecule has 5 atom stereocenters. The molecule has 0 spiro atoms.